The molecule has 2 rings (SSSR count). The quantitative estimate of drug-likeness (QED) is 0.818. The van der Waals surface area contributed by atoms with E-state index >= 15 is 0 Å². The fourth-order valence-electron chi connectivity index (χ4n) is 2.06. The highest BCUT2D eigenvalue weighted by molar-refractivity contribution is 5.92. The molecule has 5 nitrogen and oxygen atoms in total. The van der Waals surface area contributed by atoms with Gasteiger partial charge in [0.2, 0.25) is 0 Å². The number of carbonyl (C=O) groups is 1. The lowest BCUT2D eigenvalue weighted by molar-refractivity contribution is 0.0525. The molecule has 0 saturated carbocycles. The molecule has 2 aromatic rings. The van der Waals surface area contributed by atoms with Gasteiger partial charge in [0.05, 0.1) is 12.2 Å². The number of H-pyrrole nitrogens is 1. The third-order valence-electron chi connectivity index (χ3n) is 2.91. The van der Waals surface area contributed by atoms with Crippen LogP contribution in [0.5, 0.6) is 0 Å². The summed E-state index contributed by atoms with van der Waals surface area (Å²) < 4.78 is 5.09. The SMILES string of the molecule is CCOC(=O)c1cc(-c2ccncc2)[nH]c1CC(C)N. The fraction of sp³-hybridized carbons (Fsp3) is 0.333. The zero-order valence-corrected chi connectivity index (χ0v) is 11.7. The molecule has 0 spiro atoms. The van der Waals surface area contributed by atoms with Crippen LogP contribution in [0.15, 0.2) is 30.6 Å². The number of nitrogens with two attached hydrogens (primary N) is 1. The van der Waals surface area contributed by atoms with Crippen LogP contribution in [-0.2, 0) is 11.2 Å². The van der Waals surface area contributed by atoms with Crippen LogP contribution in [0.3, 0.4) is 0 Å². The standard InChI is InChI=1S/C15H19N3O2/c1-3-20-15(19)12-9-13(11-4-6-17-7-5-11)18-14(12)8-10(2)16/h4-7,9-10,18H,3,8,16H2,1-2H3. The second-order valence-electron chi connectivity index (χ2n) is 4.71. The number of carbonyl (C=O) groups excluding carboxylic acids is 1. The highest BCUT2D eigenvalue weighted by atomic mass is 16.5. The van der Waals surface area contributed by atoms with Crippen molar-refractivity contribution >= 4 is 5.97 Å². The van der Waals surface area contributed by atoms with E-state index in [1.54, 1.807) is 19.3 Å². The number of rotatable bonds is 5. The molecule has 2 heterocycles. The molecular formula is C15H19N3O2. The zero-order chi connectivity index (χ0) is 14.5. The zero-order valence-electron chi connectivity index (χ0n) is 11.7. The van der Waals surface area contributed by atoms with Crippen molar-refractivity contribution < 1.29 is 9.53 Å². The third kappa shape index (κ3) is 3.24. The van der Waals surface area contributed by atoms with E-state index in [4.69, 9.17) is 10.5 Å². The number of hydrogen-bond acceptors (Lipinski definition) is 4. The maximum atomic E-state index is 12.0. The van der Waals surface area contributed by atoms with Gasteiger partial charge in [0.1, 0.15) is 0 Å². The number of esters is 1. The van der Waals surface area contributed by atoms with E-state index in [0.717, 1.165) is 17.0 Å². The molecule has 0 saturated heterocycles. The number of aromatic nitrogens is 2. The van der Waals surface area contributed by atoms with Crippen LogP contribution in [0.1, 0.15) is 29.9 Å². The normalized spacial score (nSPS) is 12.2. The number of nitrogens with zero attached hydrogens (tertiary/aromatic N) is 1. The second-order valence-corrected chi connectivity index (χ2v) is 4.71. The number of aromatic amines is 1. The van der Waals surface area contributed by atoms with Crippen molar-refractivity contribution in [2.75, 3.05) is 6.61 Å². The van der Waals surface area contributed by atoms with Gasteiger partial charge in [-0.05, 0) is 32.0 Å². The van der Waals surface area contributed by atoms with Crippen molar-refractivity contribution in [3.05, 3.63) is 41.9 Å². The van der Waals surface area contributed by atoms with Crippen LogP contribution in [0, 0.1) is 0 Å². The topological polar surface area (TPSA) is 81.0 Å². The molecule has 1 unspecified atom stereocenters. The Morgan fingerprint density at radius 1 is 1.45 bits per heavy atom. The summed E-state index contributed by atoms with van der Waals surface area (Å²) in [6.07, 6.45) is 4.02. The molecule has 3 N–H and O–H groups in total. The number of nitrogens with one attached hydrogen (secondary N) is 1. The molecule has 0 aliphatic rings. The Kier molecular flexibility index (Phi) is 4.53. The summed E-state index contributed by atoms with van der Waals surface area (Å²) in [6, 6.07) is 5.55. The first-order valence-electron chi connectivity index (χ1n) is 6.66. The van der Waals surface area contributed by atoms with Crippen LogP contribution >= 0.6 is 0 Å². The Balaban J connectivity index is 2.39. The molecule has 5 heteroatoms. The maximum Gasteiger partial charge on any atom is 0.339 e. The van der Waals surface area contributed by atoms with Crippen molar-refractivity contribution in [3.8, 4) is 11.3 Å². The number of pyridine rings is 1. The summed E-state index contributed by atoms with van der Waals surface area (Å²) >= 11 is 0. The van der Waals surface area contributed by atoms with Gasteiger partial charge >= 0.3 is 5.97 Å². The number of hydrogen-bond donors (Lipinski definition) is 2. The fourth-order valence-corrected chi connectivity index (χ4v) is 2.06. The van der Waals surface area contributed by atoms with Crippen LogP contribution in [0.2, 0.25) is 0 Å². The average molecular weight is 273 g/mol. The highest BCUT2D eigenvalue weighted by Gasteiger charge is 2.18. The summed E-state index contributed by atoms with van der Waals surface area (Å²) in [6.45, 7) is 4.05. The minimum absolute atomic E-state index is 0.0351. The van der Waals surface area contributed by atoms with Gasteiger partial charge in [0, 0.05) is 41.8 Å². The molecule has 0 aliphatic heterocycles. The Morgan fingerprint density at radius 2 is 2.15 bits per heavy atom. The summed E-state index contributed by atoms with van der Waals surface area (Å²) in [4.78, 5) is 19.2. The van der Waals surface area contributed by atoms with Crippen molar-refractivity contribution in [3.63, 3.8) is 0 Å². The van der Waals surface area contributed by atoms with E-state index in [-0.39, 0.29) is 12.0 Å². The third-order valence-corrected chi connectivity index (χ3v) is 2.91. The minimum Gasteiger partial charge on any atom is -0.462 e. The van der Waals surface area contributed by atoms with E-state index in [2.05, 4.69) is 9.97 Å². The number of ether oxygens (including phenoxy) is 1. The van der Waals surface area contributed by atoms with Gasteiger partial charge in [-0.2, -0.15) is 0 Å². The summed E-state index contributed by atoms with van der Waals surface area (Å²) in [5, 5.41) is 0. The monoisotopic (exact) mass is 273 g/mol. The average Bonchev–Trinajstić information content (AvgIpc) is 2.83. The van der Waals surface area contributed by atoms with Crippen molar-refractivity contribution in [2.45, 2.75) is 26.3 Å². The molecule has 20 heavy (non-hydrogen) atoms. The second kappa shape index (κ2) is 6.34. The van der Waals surface area contributed by atoms with Crippen molar-refractivity contribution in [1.29, 1.82) is 0 Å². The Morgan fingerprint density at radius 3 is 2.75 bits per heavy atom. The molecule has 0 amide bonds. The van der Waals surface area contributed by atoms with Crippen LogP contribution in [0.4, 0.5) is 0 Å². The van der Waals surface area contributed by atoms with E-state index in [0.29, 0.717) is 18.6 Å². The largest absolute Gasteiger partial charge is 0.462 e. The van der Waals surface area contributed by atoms with E-state index < -0.39 is 0 Å². The lowest BCUT2D eigenvalue weighted by Crippen LogP contribution is -2.20. The summed E-state index contributed by atoms with van der Waals surface area (Å²) in [5.74, 6) is -0.320. The molecular weight excluding hydrogens is 254 g/mol. The van der Waals surface area contributed by atoms with Gasteiger partial charge in [0.25, 0.3) is 0 Å². The predicted octanol–water partition coefficient (Wildman–Crippen LogP) is 2.14. The molecule has 1 atom stereocenters. The first kappa shape index (κ1) is 14.3. The van der Waals surface area contributed by atoms with Crippen molar-refractivity contribution in [1.82, 2.24) is 9.97 Å². The summed E-state index contributed by atoms with van der Waals surface area (Å²) in [5.41, 5.74) is 9.04. The van der Waals surface area contributed by atoms with E-state index in [9.17, 15) is 4.79 Å². The van der Waals surface area contributed by atoms with Gasteiger partial charge < -0.3 is 15.5 Å². The molecule has 106 valence electrons. The van der Waals surface area contributed by atoms with Crippen LogP contribution < -0.4 is 5.73 Å². The van der Waals surface area contributed by atoms with Gasteiger partial charge in [-0.3, -0.25) is 4.98 Å². The molecule has 0 aliphatic carbocycles. The molecule has 2 aromatic heterocycles. The lowest BCUT2D eigenvalue weighted by atomic mass is 10.1. The summed E-state index contributed by atoms with van der Waals surface area (Å²) in [7, 11) is 0. The van der Waals surface area contributed by atoms with Crippen LogP contribution in [-0.4, -0.2) is 28.6 Å². The highest BCUT2D eigenvalue weighted by Crippen LogP contribution is 2.23. The van der Waals surface area contributed by atoms with Gasteiger partial charge in [-0.1, -0.05) is 0 Å². The molecule has 0 radical (unpaired) electrons. The lowest BCUT2D eigenvalue weighted by Gasteiger charge is -2.06. The van der Waals surface area contributed by atoms with Crippen LogP contribution in [0.25, 0.3) is 11.3 Å². The minimum atomic E-state index is -0.320. The maximum absolute atomic E-state index is 12.0. The van der Waals surface area contributed by atoms with Gasteiger partial charge in [-0.15, -0.1) is 0 Å². The smallest absolute Gasteiger partial charge is 0.339 e. The molecule has 0 aromatic carbocycles. The predicted molar refractivity (Wildman–Crippen MR) is 77.3 cm³/mol. The van der Waals surface area contributed by atoms with Gasteiger partial charge in [0.15, 0.2) is 0 Å². The first-order valence-corrected chi connectivity index (χ1v) is 6.66. The van der Waals surface area contributed by atoms with Crippen molar-refractivity contribution in [2.24, 2.45) is 5.73 Å². The Labute approximate surface area is 118 Å². The molecule has 0 bridgehead atoms. The Bertz CT molecular complexity index is 576. The van der Waals surface area contributed by atoms with E-state index in [1.165, 1.54) is 0 Å². The van der Waals surface area contributed by atoms with E-state index in [1.807, 2.05) is 25.1 Å². The molecule has 0 fully saturated rings. The first-order chi connectivity index (χ1) is 9.61. The Hall–Kier alpha value is -2.14. The van der Waals surface area contributed by atoms with Gasteiger partial charge in [-0.25, -0.2) is 4.79 Å².